The zero-order valence-corrected chi connectivity index (χ0v) is 17.1. The van der Waals surface area contributed by atoms with E-state index in [1.54, 1.807) is 0 Å². The lowest BCUT2D eigenvalue weighted by Gasteiger charge is -2.42. The molecular weight excluding hydrogens is 380 g/mol. The first-order valence-electron chi connectivity index (χ1n) is 10.5. The molecule has 0 aromatic heterocycles. The molecule has 5 atom stereocenters. The van der Waals surface area contributed by atoms with Gasteiger partial charge in [-0.15, -0.1) is 0 Å². The zero-order valence-electron chi connectivity index (χ0n) is 17.1. The molecule has 8 heteroatoms. The van der Waals surface area contributed by atoms with Crippen LogP contribution in [0.4, 0.5) is 0 Å². The molecule has 1 saturated carbocycles. The largest absolute Gasteiger partial charge is 0.481 e. The van der Waals surface area contributed by atoms with Gasteiger partial charge in [0, 0.05) is 12.8 Å². The van der Waals surface area contributed by atoms with Gasteiger partial charge in [-0.25, -0.2) is 0 Å². The molecule has 4 N–H and O–H groups in total. The lowest BCUT2D eigenvalue weighted by molar-refractivity contribution is -0.153. The van der Waals surface area contributed by atoms with Crippen LogP contribution in [-0.4, -0.2) is 44.3 Å². The first-order valence-corrected chi connectivity index (χ1v) is 10.5. The summed E-state index contributed by atoms with van der Waals surface area (Å²) in [5.41, 5.74) is 0. The van der Waals surface area contributed by atoms with Gasteiger partial charge in [-0.2, -0.15) is 0 Å². The molecule has 0 aromatic carbocycles. The van der Waals surface area contributed by atoms with Crippen molar-refractivity contribution >= 4 is 23.9 Å². The third-order valence-corrected chi connectivity index (χ3v) is 6.28. The second-order valence-corrected chi connectivity index (χ2v) is 8.32. The molecule has 0 saturated heterocycles. The van der Waals surface area contributed by atoms with Crippen LogP contribution in [0.15, 0.2) is 0 Å². The van der Waals surface area contributed by atoms with Crippen molar-refractivity contribution in [1.82, 2.24) is 0 Å². The Bertz CT molecular complexity index is 573. The Kier molecular flexibility index (Phi) is 10.7. The molecule has 5 unspecified atom stereocenters. The summed E-state index contributed by atoms with van der Waals surface area (Å²) in [6.07, 6.45) is 4.83. The molecule has 0 aliphatic heterocycles. The van der Waals surface area contributed by atoms with Gasteiger partial charge in [-0.1, -0.05) is 32.6 Å². The van der Waals surface area contributed by atoms with E-state index in [4.69, 9.17) is 10.2 Å². The molecule has 1 fully saturated rings. The molecule has 0 radical (unpaired) electrons. The van der Waals surface area contributed by atoms with Crippen LogP contribution in [0.3, 0.4) is 0 Å². The summed E-state index contributed by atoms with van der Waals surface area (Å²) in [6, 6.07) is 0. The lowest BCUT2D eigenvalue weighted by atomic mass is 9.61. The quantitative estimate of drug-likeness (QED) is 0.314. The highest BCUT2D eigenvalue weighted by Gasteiger charge is 2.44. The first kappa shape index (κ1) is 24.9. The normalized spacial score (nSPS) is 23.8. The second-order valence-electron chi connectivity index (χ2n) is 8.32. The third kappa shape index (κ3) is 8.41. The van der Waals surface area contributed by atoms with Gasteiger partial charge < -0.3 is 20.4 Å². The zero-order chi connectivity index (χ0) is 22.0. The van der Waals surface area contributed by atoms with E-state index >= 15 is 0 Å². The van der Waals surface area contributed by atoms with Crippen molar-refractivity contribution in [1.29, 1.82) is 0 Å². The minimum atomic E-state index is -0.945. The highest BCUT2D eigenvalue weighted by molar-refractivity contribution is 5.72. The van der Waals surface area contributed by atoms with Gasteiger partial charge in [0.05, 0.1) is 11.8 Å². The van der Waals surface area contributed by atoms with E-state index in [1.807, 2.05) is 6.92 Å². The molecule has 8 nitrogen and oxygen atoms in total. The minimum Gasteiger partial charge on any atom is -0.481 e. The maximum Gasteiger partial charge on any atom is 0.306 e. The van der Waals surface area contributed by atoms with Crippen LogP contribution >= 0.6 is 0 Å². The minimum absolute atomic E-state index is 0.00182. The Balaban J connectivity index is 2.91. The number of carboxylic acids is 4. The predicted molar refractivity (Wildman–Crippen MR) is 104 cm³/mol. The molecule has 1 aliphatic carbocycles. The fourth-order valence-corrected chi connectivity index (χ4v) is 4.93. The summed E-state index contributed by atoms with van der Waals surface area (Å²) < 4.78 is 0. The van der Waals surface area contributed by atoms with Crippen LogP contribution < -0.4 is 0 Å². The van der Waals surface area contributed by atoms with E-state index in [0.29, 0.717) is 44.9 Å². The third-order valence-electron chi connectivity index (χ3n) is 6.28. The van der Waals surface area contributed by atoms with E-state index in [-0.39, 0.29) is 30.6 Å². The number of hydrogen-bond donors (Lipinski definition) is 4. The summed E-state index contributed by atoms with van der Waals surface area (Å²) in [4.78, 5) is 45.4. The van der Waals surface area contributed by atoms with Crippen molar-refractivity contribution in [3.8, 4) is 0 Å². The van der Waals surface area contributed by atoms with Crippen molar-refractivity contribution in [2.24, 2.45) is 29.6 Å². The Morgan fingerprint density at radius 3 is 1.69 bits per heavy atom. The smallest absolute Gasteiger partial charge is 0.306 e. The lowest BCUT2D eigenvalue weighted by Crippen LogP contribution is -2.42. The molecule has 0 aromatic rings. The average molecular weight is 414 g/mol. The van der Waals surface area contributed by atoms with Crippen molar-refractivity contribution in [3.05, 3.63) is 0 Å². The Morgan fingerprint density at radius 2 is 1.24 bits per heavy atom. The predicted octanol–water partition coefficient (Wildman–Crippen LogP) is 3.73. The van der Waals surface area contributed by atoms with Gasteiger partial charge in [0.25, 0.3) is 0 Å². The van der Waals surface area contributed by atoms with Crippen LogP contribution in [0.25, 0.3) is 0 Å². The molecule has 29 heavy (non-hydrogen) atoms. The Labute approximate surface area is 171 Å². The van der Waals surface area contributed by atoms with Crippen molar-refractivity contribution in [2.75, 3.05) is 0 Å². The maximum atomic E-state index is 12.0. The second kappa shape index (κ2) is 12.4. The van der Waals surface area contributed by atoms with Crippen molar-refractivity contribution < 1.29 is 39.6 Å². The summed E-state index contributed by atoms with van der Waals surface area (Å²) >= 11 is 0. The topological polar surface area (TPSA) is 149 Å². The van der Waals surface area contributed by atoms with E-state index in [9.17, 15) is 29.4 Å². The highest BCUT2D eigenvalue weighted by Crippen LogP contribution is 2.46. The van der Waals surface area contributed by atoms with Crippen LogP contribution in [0, 0.1) is 29.6 Å². The fraction of sp³-hybridized carbons (Fsp3) is 0.810. The average Bonchev–Trinajstić information content (AvgIpc) is 2.61. The number of rotatable bonds is 14. The fourth-order valence-electron chi connectivity index (χ4n) is 4.93. The van der Waals surface area contributed by atoms with E-state index in [0.717, 1.165) is 12.8 Å². The standard InChI is InChI=1S/C21H34O8/c1-13-7-6-10-14(15(20(26)27)8-2-4-11-17(22)23)19(13)16(21(28)29)9-3-5-12-18(24)25/h13-16,19H,2-12H2,1H3,(H,22,23)(H,24,25)(H,26,27)(H,28,29). The summed E-state index contributed by atoms with van der Waals surface area (Å²) in [5.74, 6) is -5.54. The number of carbonyl (C=O) groups is 4. The monoisotopic (exact) mass is 414 g/mol. The molecule has 0 amide bonds. The van der Waals surface area contributed by atoms with Gasteiger partial charge in [-0.3, -0.25) is 19.2 Å². The first-order chi connectivity index (χ1) is 13.6. The molecule has 0 spiro atoms. The molecule has 166 valence electrons. The van der Waals surface area contributed by atoms with Crippen molar-refractivity contribution in [3.63, 3.8) is 0 Å². The van der Waals surface area contributed by atoms with Crippen LogP contribution in [0.1, 0.15) is 77.6 Å². The van der Waals surface area contributed by atoms with Crippen LogP contribution in [0.2, 0.25) is 0 Å². The molecular formula is C21H34O8. The molecule has 0 heterocycles. The number of carboxylic acid groups (broad SMARTS) is 4. The van der Waals surface area contributed by atoms with Crippen molar-refractivity contribution in [2.45, 2.75) is 77.6 Å². The van der Waals surface area contributed by atoms with Gasteiger partial charge in [0.2, 0.25) is 0 Å². The van der Waals surface area contributed by atoms with E-state index < -0.39 is 35.7 Å². The maximum absolute atomic E-state index is 12.0. The van der Waals surface area contributed by atoms with Gasteiger partial charge in [-0.05, 0) is 49.9 Å². The van der Waals surface area contributed by atoms with E-state index in [2.05, 4.69) is 0 Å². The Hall–Kier alpha value is -2.12. The SMILES string of the molecule is CC1CCCC(C(CCCCC(=O)O)C(=O)O)C1C(CCCCC(=O)O)C(=O)O. The van der Waals surface area contributed by atoms with Gasteiger partial charge in [0.1, 0.15) is 0 Å². The molecule has 1 rings (SSSR count). The molecule has 1 aliphatic rings. The van der Waals surface area contributed by atoms with Crippen LogP contribution in [-0.2, 0) is 19.2 Å². The summed E-state index contributed by atoms with van der Waals surface area (Å²) in [6.45, 7) is 1.98. The van der Waals surface area contributed by atoms with Gasteiger partial charge in [0.15, 0.2) is 0 Å². The summed E-state index contributed by atoms with van der Waals surface area (Å²) in [7, 11) is 0. The van der Waals surface area contributed by atoms with Crippen LogP contribution in [0.5, 0.6) is 0 Å². The number of unbranched alkanes of at least 4 members (excludes halogenated alkanes) is 2. The Morgan fingerprint density at radius 1 is 0.759 bits per heavy atom. The number of aliphatic carboxylic acids is 4. The highest BCUT2D eigenvalue weighted by atomic mass is 16.4. The van der Waals surface area contributed by atoms with Gasteiger partial charge >= 0.3 is 23.9 Å². The molecule has 0 bridgehead atoms. The summed E-state index contributed by atoms with van der Waals surface area (Å²) in [5, 5.41) is 37.2. The van der Waals surface area contributed by atoms with E-state index in [1.165, 1.54) is 0 Å². The number of hydrogen-bond acceptors (Lipinski definition) is 4.